The van der Waals surface area contributed by atoms with Gasteiger partial charge in [-0.2, -0.15) is 0 Å². The first-order valence-corrected chi connectivity index (χ1v) is 16.3. The lowest BCUT2D eigenvalue weighted by Crippen LogP contribution is -2.25. The number of ether oxygens (including phenoxy) is 6. The van der Waals surface area contributed by atoms with Crippen LogP contribution in [0.3, 0.4) is 0 Å². The number of rotatable bonds is 12. The zero-order valence-electron chi connectivity index (χ0n) is 26.2. The van der Waals surface area contributed by atoms with Crippen LogP contribution in [-0.4, -0.2) is 75.8 Å². The van der Waals surface area contributed by atoms with E-state index < -0.39 is 0 Å². The zero-order valence-corrected chi connectivity index (χ0v) is 26.2. The molecule has 6 nitrogen and oxygen atoms in total. The standard InChI is InChI=1S/2C7H14O.2C5H10O.2C4H8O/c1-3-5-7-6(4-2)8-7;1-2-3-4-5-7-6-8-7;1-2-5-3-4-6-5;1-2-3-5-4-6-5;2*1-2-4-3-5-4/h6-7H,3-5H2,1-2H3;7H,2-6H2,1H3;2*5H,2-4H2,1H3;2*4H,2-3H2,1H3. The van der Waals surface area contributed by atoms with E-state index >= 15 is 0 Å². The van der Waals surface area contributed by atoms with E-state index in [2.05, 4.69) is 48.5 Å². The van der Waals surface area contributed by atoms with Crippen LogP contribution in [0.4, 0.5) is 0 Å². The minimum absolute atomic E-state index is 0.616. The molecule has 6 aliphatic heterocycles. The van der Waals surface area contributed by atoms with Gasteiger partial charge in [-0.3, -0.25) is 0 Å². The normalized spacial score (nSPS) is 31.8. The molecule has 0 saturated carbocycles. The summed E-state index contributed by atoms with van der Waals surface area (Å²) in [6.45, 7) is 20.3. The van der Waals surface area contributed by atoms with Crippen molar-refractivity contribution in [3.8, 4) is 0 Å². The molecule has 228 valence electrons. The van der Waals surface area contributed by atoms with E-state index in [0.29, 0.717) is 42.7 Å². The lowest BCUT2D eigenvalue weighted by molar-refractivity contribution is -0.0516. The molecule has 6 heterocycles. The lowest BCUT2D eigenvalue weighted by Gasteiger charge is -2.24. The van der Waals surface area contributed by atoms with Crippen molar-refractivity contribution in [2.24, 2.45) is 0 Å². The van der Waals surface area contributed by atoms with Crippen LogP contribution in [-0.2, 0) is 28.4 Å². The second-order valence-corrected chi connectivity index (χ2v) is 11.0. The first-order chi connectivity index (χ1) is 18.5. The molecule has 38 heavy (non-hydrogen) atoms. The van der Waals surface area contributed by atoms with Crippen molar-refractivity contribution >= 4 is 0 Å². The van der Waals surface area contributed by atoms with Gasteiger partial charge in [0.05, 0.1) is 69.2 Å². The Kier molecular flexibility index (Phi) is 22.1. The molecule has 0 aliphatic carbocycles. The molecule has 6 fully saturated rings. The number of epoxide rings is 5. The maximum absolute atomic E-state index is 5.31. The summed E-state index contributed by atoms with van der Waals surface area (Å²) in [4.78, 5) is 0. The van der Waals surface area contributed by atoms with E-state index in [1.165, 1.54) is 83.5 Å². The fourth-order valence-corrected chi connectivity index (χ4v) is 3.70. The minimum atomic E-state index is 0.616. The summed E-state index contributed by atoms with van der Waals surface area (Å²) in [5, 5.41) is 0. The van der Waals surface area contributed by atoms with Gasteiger partial charge in [-0.15, -0.1) is 0 Å². The molecule has 0 amide bonds. The van der Waals surface area contributed by atoms with Gasteiger partial charge in [0.1, 0.15) is 0 Å². The van der Waals surface area contributed by atoms with Gasteiger partial charge >= 0.3 is 0 Å². The Morgan fingerprint density at radius 2 is 0.921 bits per heavy atom. The smallest absolute Gasteiger partial charge is 0.0841 e. The van der Waals surface area contributed by atoms with Crippen molar-refractivity contribution in [3.63, 3.8) is 0 Å². The largest absolute Gasteiger partial charge is 0.378 e. The van der Waals surface area contributed by atoms with Gasteiger partial charge in [-0.1, -0.05) is 80.6 Å². The molecule has 6 rings (SSSR count). The van der Waals surface area contributed by atoms with Crippen molar-refractivity contribution in [2.45, 2.75) is 175 Å². The van der Waals surface area contributed by atoms with E-state index in [1.54, 1.807) is 0 Å². The van der Waals surface area contributed by atoms with E-state index in [-0.39, 0.29) is 0 Å². The third-order valence-electron chi connectivity index (χ3n) is 7.17. The highest BCUT2D eigenvalue weighted by Gasteiger charge is 2.35. The summed E-state index contributed by atoms with van der Waals surface area (Å²) in [5.74, 6) is 0. The Morgan fingerprint density at radius 3 is 1.13 bits per heavy atom. The Balaban J connectivity index is 0.000000230. The number of hydrogen-bond donors (Lipinski definition) is 0. The van der Waals surface area contributed by atoms with Gasteiger partial charge in [0, 0.05) is 6.61 Å². The Hall–Kier alpha value is -0.240. The van der Waals surface area contributed by atoms with Gasteiger partial charge in [0.2, 0.25) is 0 Å². The van der Waals surface area contributed by atoms with Gasteiger partial charge < -0.3 is 28.4 Å². The molecule has 0 aromatic rings. The van der Waals surface area contributed by atoms with Gasteiger partial charge in [0.15, 0.2) is 0 Å². The van der Waals surface area contributed by atoms with Crippen molar-refractivity contribution in [2.75, 3.05) is 33.0 Å². The quantitative estimate of drug-likeness (QED) is 0.184. The summed E-state index contributed by atoms with van der Waals surface area (Å²) < 4.78 is 30.1. The third-order valence-corrected chi connectivity index (χ3v) is 7.17. The van der Waals surface area contributed by atoms with Crippen molar-refractivity contribution < 1.29 is 28.4 Å². The second kappa shape index (κ2) is 23.5. The molecule has 7 unspecified atom stereocenters. The fourth-order valence-electron chi connectivity index (χ4n) is 3.70. The molecule has 0 aromatic carbocycles. The van der Waals surface area contributed by atoms with Crippen molar-refractivity contribution in [1.82, 2.24) is 0 Å². The highest BCUT2D eigenvalue weighted by molar-refractivity contribution is 4.82. The molecule has 0 spiro atoms. The third kappa shape index (κ3) is 23.6. The molecule has 7 atom stereocenters. The maximum Gasteiger partial charge on any atom is 0.0841 e. The Bertz CT molecular complexity index is 483. The van der Waals surface area contributed by atoms with Crippen LogP contribution in [0.2, 0.25) is 0 Å². The molecule has 6 heteroatoms. The summed E-state index contributed by atoms with van der Waals surface area (Å²) in [6, 6.07) is 0. The molecule has 0 N–H and O–H groups in total. The Labute approximate surface area is 236 Å². The molecule has 0 bridgehead atoms. The maximum atomic E-state index is 5.31. The summed E-state index contributed by atoms with van der Waals surface area (Å²) in [5.41, 5.74) is 0. The van der Waals surface area contributed by atoms with Gasteiger partial charge in [0.25, 0.3) is 0 Å². The van der Waals surface area contributed by atoms with Crippen molar-refractivity contribution in [3.05, 3.63) is 0 Å². The van der Waals surface area contributed by atoms with Crippen LogP contribution in [0.15, 0.2) is 0 Å². The van der Waals surface area contributed by atoms with E-state index in [4.69, 9.17) is 28.4 Å². The molecular formula is C32H64O6. The summed E-state index contributed by atoms with van der Waals surface area (Å²) in [6.07, 6.45) is 20.9. The van der Waals surface area contributed by atoms with Gasteiger partial charge in [-0.25, -0.2) is 0 Å². The van der Waals surface area contributed by atoms with Crippen molar-refractivity contribution in [1.29, 1.82) is 0 Å². The van der Waals surface area contributed by atoms with E-state index in [0.717, 1.165) is 33.0 Å². The summed E-state index contributed by atoms with van der Waals surface area (Å²) in [7, 11) is 0. The average molecular weight is 545 g/mol. The second-order valence-electron chi connectivity index (χ2n) is 11.0. The number of hydrogen-bond acceptors (Lipinski definition) is 6. The van der Waals surface area contributed by atoms with E-state index in [9.17, 15) is 0 Å². The van der Waals surface area contributed by atoms with Crippen LogP contribution < -0.4 is 0 Å². The van der Waals surface area contributed by atoms with Gasteiger partial charge in [-0.05, 0) is 51.4 Å². The van der Waals surface area contributed by atoms with Crippen LogP contribution in [0.25, 0.3) is 0 Å². The van der Waals surface area contributed by atoms with Crippen LogP contribution >= 0.6 is 0 Å². The Morgan fingerprint density at radius 1 is 0.447 bits per heavy atom. The fraction of sp³-hybridized carbons (Fsp3) is 1.00. The predicted octanol–water partition coefficient (Wildman–Crippen LogP) is 7.89. The topological polar surface area (TPSA) is 71.9 Å². The first-order valence-electron chi connectivity index (χ1n) is 16.3. The molecule has 0 aromatic heterocycles. The zero-order chi connectivity index (χ0) is 28.0. The molecular weight excluding hydrogens is 480 g/mol. The monoisotopic (exact) mass is 544 g/mol. The lowest BCUT2D eigenvalue weighted by atomic mass is 10.1. The predicted molar refractivity (Wildman–Crippen MR) is 157 cm³/mol. The molecule has 0 radical (unpaired) electrons. The highest BCUT2D eigenvalue weighted by Crippen LogP contribution is 2.28. The van der Waals surface area contributed by atoms with Crippen LogP contribution in [0, 0.1) is 0 Å². The highest BCUT2D eigenvalue weighted by atomic mass is 16.6. The SMILES string of the molecule is CCC1CCO1.CCC1CO1.CCC1CO1.CCCC1CO1.CCCC1OC1CC.CCCCCC1CO1. The van der Waals surface area contributed by atoms with Crippen LogP contribution in [0.1, 0.15) is 132 Å². The average Bonchev–Trinajstić information content (AvgIpc) is 3.73. The molecule has 6 aliphatic rings. The number of unbranched alkanes of at least 4 members (excludes halogenated alkanes) is 2. The molecule has 6 saturated heterocycles. The first kappa shape index (κ1) is 35.8. The van der Waals surface area contributed by atoms with E-state index in [1.807, 2.05) is 0 Å². The minimum Gasteiger partial charge on any atom is -0.378 e. The van der Waals surface area contributed by atoms with Crippen LogP contribution in [0.5, 0.6) is 0 Å². The summed E-state index contributed by atoms with van der Waals surface area (Å²) >= 11 is 0.